The number of benzene rings is 3. The second-order valence-corrected chi connectivity index (χ2v) is 7.82. The lowest BCUT2D eigenvalue weighted by molar-refractivity contribution is 0.630. The van der Waals surface area contributed by atoms with Crippen molar-refractivity contribution >= 4 is 43.4 Å². The molecule has 6 nitrogen and oxygen atoms in total. The second-order valence-electron chi connectivity index (χ2n) is 6.44. The van der Waals surface area contributed by atoms with Gasteiger partial charge in [-0.05, 0) is 42.5 Å². The highest BCUT2D eigenvalue weighted by molar-refractivity contribution is 7.84. The lowest BCUT2D eigenvalue weighted by Crippen LogP contribution is -2.08. The van der Waals surface area contributed by atoms with E-state index in [0.29, 0.717) is 43.3 Å². The third kappa shape index (κ3) is 2.45. The van der Waals surface area contributed by atoms with E-state index in [4.69, 9.17) is 0 Å². The van der Waals surface area contributed by atoms with Gasteiger partial charge in [-0.2, -0.15) is 0 Å². The van der Waals surface area contributed by atoms with E-state index in [0.717, 1.165) is 5.56 Å². The zero-order valence-corrected chi connectivity index (χ0v) is 15.4. The number of nitrogens with one attached hydrogen (secondary N) is 2. The van der Waals surface area contributed by atoms with E-state index in [1.807, 2.05) is 12.1 Å². The first-order chi connectivity index (χ1) is 13.5. The quantitative estimate of drug-likeness (QED) is 0.450. The van der Waals surface area contributed by atoms with Gasteiger partial charge in [-0.15, -0.1) is 0 Å². The van der Waals surface area contributed by atoms with Crippen molar-refractivity contribution in [3.05, 3.63) is 64.8 Å². The molecule has 0 spiro atoms. The number of imidazole rings is 1. The van der Waals surface area contributed by atoms with Crippen LogP contribution in [0.25, 0.3) is 44.0 Å². The first kappa shape index (κ1) is 16.8. The van der Waals surface area contributed by atoms with Crippen LogP contribution >= 0.6 is 0 Å². The van der Waals surface area contributed by atoms with Gasteiger partial charge in [0.25, 0.3) is 5.56 Å². The molecule has 3 aromatic carbocycles. The Labute approximate surface area is 159 Å². The molecule has 2 N–H and O–H groups in total. The zero-order valence-electron chi connectivity index (χ0n) is 14.6. The van der Waals surface area contributed by atoms with Gasteiger partial charge in [-0.1, -0.05) is 0 Å². The van der Waals surface area contributed by atoms with E-state index < -0.39 is 16.6 Å². The molecule has 0 saturated heterocycles. The van der Waals surface area contributed by atoms with Crippen molar-refractivity contribution in [2.45, 2.75) is 4.90 Å². The second kappa shape index (κ2) is 6.07. The Morgan fingerprint density at radius 3 is 2.39 bits per heavy atom. The van der Waals surface area contributed by atoms with Gasteiger partial charge in [0.15, 0.2) is 5.82 Å². The maximum absolute atomic E-state index is 13.9. The molecule has 5 rings (SSSR count). The predicted octanol–water partition coefficient (Wildman–Crippen LogP) is 3.50. The van der Waals surface area contributed by atoms with Crippen LogP contribution in [0.5, 0.6) is 0 Å². The fourth-order valence-electron chi connectivity index (χ4n) is 3.46. The minimum Gasteiger partial charge on any atom is -0.305 e. The molecule has 0 amide bonds. The SMILES string of the molecule is CS(=O)c1ccc(-c2nc3c4ccc(F)cc4c4c(=O)[nH][nH]cc4c3n2)cc1. The topological polar surface area (TPSA) is 91.5 Å². The summed E-state index contributed by atoms with van der Waals surface area (Å²) in [6, 6.07) is 11.5. The van der Waals surface area contributed by atoms with E-state index in [9.17, 15) is 13.4 Å². The van der Waals surface area contributed by atoms with Crippen molar-refractivity contribution in [2.24, 2.45) is 0 Å². The van der Waals surface area contributed by atoms with Crippen molar-refractivity contribution in [1.82, 2.24) is 20.2 Å². The molecule has 0 aliphatic heterocycles. The maximum Gasteiger partial charge on any atom is 0.270 e. The van der Waals surface area contributed by atoms with Gasteiger partial charge >= 0.3 is 0 Å². The van der Waals surface area contributed by atoms with E-state index in [2.05, 4.69) is 20.2 Å². The summed E-state index contributed by atoms with van der Waals surface area (Å²) in [5, 5.41) is 7.32. The molecule has 28 heavy (non-hydrogen) atoms. The van der Waals surface area contributed by atoms with E-state index in [1.54, 1.807) is 30.7 Å². The molecule has 0 aliphatic rings. The van der Waals surface area contributed by atoms with Crippen LogP contribution in [0.3, 0.4) is 0 Å². The van der Waals surface area contributed by atoms with Crippen molar-refractivity contribution in [1.29, 1.82) is 0 Å². The summed E-state index contributed by atoms with van der Waals surface area (Å²) in [7, 11) is -1.07. The Morgan fingerprint density at radius 1 is 0.964 bits per heavy atom. The lowest BCUT2D eigenvalue weighted by atomic mass is 10.0. The third-order valence-electron chi connectivity index (χ3n) is 4.76. The Kier molecular flexibility index (Phi) is 3.63. The molecule has 2 aromatic heterocycles. The molecule has 5 aromatic rings. The first-order valence-corrected chi connectivity index (χ1v) is 10.0. The summed E-state index contributed by atoms with van der Waals surface area (Å²) in [5.74, 6) is 0.0603. The van der Waals surface area contributed by atoms with Gasteiger partial charge in [-0.3, -0.25) is 14.1 Å². The highest BCUT2D eigenvalue weighted by atomic mass is 32.2. The van der Waals surface area contributed by atoms with Gasteiger partial charge in [0.2, 0.25) is 0 Å². The van der Waals surface area contributed by atoms with Crippen LogP contribution in [0.1, 0.15) is 0 Å². The number of nitrogens with zero attached hydrogens (tertiary/aromatic N) is 2. The Hall–Kier alpha value is -3.39. The van der Waals surface area contributed by atoms with Crippen molar-refractivity contribution in [3.63, 3.8) is 0 Å². The lowest BCUT2D eigenvalue weighted by Gasteiger charge is -2.04. The number of hydrogen-bond donors (Lipinski definition) is 2. The molecule has 0 fully saturated rings. The minimum absolute atomic E-state index is 0.352. The number of aromatic amines is 2. The van der Waals surface area contributed by atoms with E-state index in [1.165, 1.54) is 12.1 Å². The summed E-state index contributed by atoms with van der Waals surface area (Å²) < 4.78 is 25.5. The number of fused-ring (bicyclic) bond motifs is 6. The predicted molar refractivity (Wildman–Crippen MR) is 107 cm³/mol. The summed E-state index contributed by atoms with van der Waals surface area (Å²) in [6.07, 6.45) is 3.25. The van der Waals surface area contributed by atoms with Crippen molar-refractivity contribution < 1.29 is 8.60 Å². The molecule has 0 radical (unpaired) electrons. The first-order valence-electron chi connectivity index (χ1n) is 8.45. The van der Waals surface area contributed by atoms with Crippen LogP contribution in [0.4, 0.5) is 4.39 Å². The van der Waals surface area contributed by atoms with Crippen LogP contribution in [0.15, 0.2) is 58.4 Å². The highest BCUT2D eigenvalue weighted by Crippen LogP contribution is 2.33. The number of aromatic nitrogens is 4. The van der Waals surface area contributed by atoms with Gasteiger partial charge in [0.1, 0.15) is 11.3 Å². The van der Waals surface area contributed by atoms with Crippen molar-refractivity contribution in [2.75, 3.05) is 6.26 Å². The molecule has 1 atom stereocenters. The Bertz CT molecular complexity index is 1470. The summed E-state index contributed by atoms with van der Waals surface area (Å²) >= 11 is 0. The van der Waals surface area contributed by atoms with Gasteiger partial charge in [0, 0.05) is 49.9 Å². The molecule has 0 aliphatic carbocycles. The van der Waals surface area contributed by atoms with E-state index in [-0.39, 0.29) is 5.56 Å². The Balaban J connectivity index is 1.88. The van der Waals surface area contributed by atoms with E-state index >= 15 is 0 Å². The monoisotopic (exact) mass is 392 g/mol. The number of hydrogen-bond acceptors (Lipinski definition) is 4. The normalized spacial score (nSPS) is 12.8. The Morgan fingerprint density at radius 2 is 1.68 bits per heavy atom. The van der Waals surface area contributed by atoms with Crippen LogP contribution in [-0.4, -0.2) is 30.6 Å². The van der Waals surface area contributed by atoms with Gasteiger partial charge < -0.3 is 5.10 Å². The summed E-state index contributed by atoms with van der Waals surface area (Å²) in [5.41, 5.74) is 1.58. The number of halogens is 1. The fourth-order valence-corrected chi connectivity index (χ4v) is 3.98. The summed E-state index contributed by atoms with van der Waals surface area (Å²) in [4.78, 5) is 22.5. The third-order valence-corrected chi connectivity index (χ3v) is 5.70. The average Bonchev–Trinajstić information content (AvgIpc) is 3.13. The molecule has 8 heteroatoms. The molecular weight excluding hydrogens is 379 g/mol. The van der Waals surface area contributed by atoms with Crippen LogP contribution in [0.2, 0.25) is 0 Å². The van der Waals surface area contributed by atoms with Gasteiger partial charge in [0.05, 0.1) is 10.9 Å². The minimum atomic E-state index is -1.07. The molecule has 138 valence electrons. The number of H-pyrrole nitrogens is 2. The molecule has 0 saturated carbocycles. The zero-order chi connectivity index (χ0) is 19.4. The molecular formula is C20H13FN4O2S. The molecule has 1 unspecified atom stereocenters. The van der Waals surface area contributed by atoms with Gasteiger partial charge in [-0.25, -0.2) is 14.4 Å². The smallest absolute Gasteiger partial charge is 0.270 e. The van der Waals surface area contributed by atoms with Crippen molar-refractivity contribution in [3.8, 4) is 11.4 Å². The molecule has 0 bridgehead atoms. The average molecular weight is 392 g/mol. The number of rotatable bonds is 2. The maximum atomic E-state index is 13.9. The summed E-state index contributed by atoms with van der Waals surface area (Å²) in [6.45, 7) is 0. The van der Waals surface area contributed by atoms with Crippen LogP contribution in [0, 0.1) is 5.82 Å². The molecule has 2 heterocycles. The highest BCUT2D eigenvalue weighted by Gasteiger charge is 2.17. The fraction of sp³-hybridized carbons (Fsp3) is 0.0500. The standard InChI is InChI=1S/C20H13FN4O2S/c1-28(27)12-5-2-10(3-6-12)19-23-17-13-7-4-11(21)8-14(13)16-15(18(17)24-19)9-22-25-20(16)26/h2-9,22H,1H3,(H,25,26). The van der Waals surface area contributed by atoms with Crippen LogP contribution < -0.4 is 5.56 Å². The van der Waals surface area contributed by atoms with Crippen LogP contribution in [-0.2, 0) is 10.8 Å². The largest absolute Gasteiger partial charge is 0.305 e.